The maximum absolute atomic E-state index is 13.1. The fourth-order valence-electron chi connectivity index (χ4n) is 3.71. The summed E-state index contributed by atoms with van der Waals surface area (Å²) in [5, 5.41) is 0. The summed E-state index contributed by atoms with van der Waals surface area (Å²) >= 11 is 0. The second-order valence-electron chi connectivity index (χ2n) is 7.70. The molecule has 7 heteroatoms. The second-order valence-corrected chi connectivity index (χ2v) is 7.70. The van der Waals surface area contributed by atoms with Gasteiger partial charge in [0.1, 0.15) is 5.75 Å². The van der Waals surface area contributed by atoms with Crippen molar-refractivity contribution in [3.05, 3.63) is 94.0 Å². The summed E-state index contributed by atoms with van der Waals surface area (Å²) in [6.07, 6.45) is 0. The lowest BCUT2D eigenvalue weighted by atomic mass is 10.1. The van der Waals surface area contributed by atoms with Crippen molar-refractivity contribution in [2.75, 3.05) is 18.6 Å². The third-order valence-corrected chi connectivity index (χ3v) is 5.47. The molecule has 0 bridgehead atoms. The van der Waals surface area contributed by atoms with Crippen LogP contribution in [0.25, 0.3) is 0 Å². The predicted molar refractivity (Wildman–Crippen MR) is 121 cm³/mol. The van der Waals surface area contributed by atoms with Gasteiger partial charge in [-0.25, -0.2) is 9.69 Å². The average Bonchev–Trinajstić information content (AvgIpc) is 3.08. The Balaban J connectivity index is 1.54. The number of methoxy groups -OCH3 is 1. The number of para-hydroxylation sites is 1. The molecule has 2 amide bonds. The molecule has 0 N–H and O–H groups in total. The maximum Gasteiger partial charge on any atom is 0.338 e. The highest BCUT2D eigenvalue weighted by atomic mass is 16.5. The first-order valence-electron chi connectivity index (χ1n) is 10.2. The number of carbonyl (C=O) groups excluding carboxylic acids is 4. The topological polar surface area (TPSA) is 90.0 Å². The number of hydrogen-bond acceptors (Lipinski definition) is 6. The van der Waals surface area contributed by atoms with E-state index in [0.717, 1.165) is 16.0 Å². The number of carbonyl (C=O) groups is 4. The number of imide groups is 1. The number of nitrogens with zero attached hydrogens (tertiary/aromatic N) is 1. The van der Waals surface area contributed by atoms with Gasteiger partial charge in [0.25, 0.3) is 11.8 Å². The number of benzene rings is 3. The van der Waals surface area contributed by atoms with Gasteiger partial charge in [0.05, 0.1) is 35.1 Å². The number of fused-ring (bicyclic) bond motifs is 1. The number of aryl methyl sites for hydroxylation is 2. The summed E-state index contributed by atoms with van der Waals surface area (Å²) in [5.41, 5.74) is 2.90. The van der Waals surface area contributed by atoms with Crippen molar-refractivity contribution in [2.45, 2.75) is 13.8 Å². The smallest absolute Gasteiger partial charge is 0.338 e. The lowest BCUT2D eigenvalue weighted by Crippen LogP contribution is -2.30. The molecule has 0 radical (unpaired) electrons. The predicted octanol–water partition coefficient (Wildman–Crippen LogP) is 4.15. The number of esters is 1. The number of hydrogen-bond donors (Lipinski definition) is 0. The van der Waals surface area contributed by atoms with Crippen molar-refractivity contribution < 1.29 is 28.7 Å². The maximum atomic E-state index is 13.1. The number of amides is 2. The van der Waals surface area contributed by atoms with Crippen molar-refractivity contribution in [2.24, 2.45) is 0 Å². The molecule has 166 valence electrons. The van der Waals surface area contributed by atoms with E-state index in [1.165, 1.54) is 25.3 Å². The molecule has 0 fully saturated rings. The Morgan fingerprint density at radius 3 is 2.36 bits per heavy atom. The van der Waals surface area contributed by atoms with E-state index >= 15 is 0 Å². The highest BCUT2D eigenvalue weighted by Crippen LogP contribution is 2.32. The van der Waals surface area contributed by atoms with Crippen LogP contribution in [0.2, 0.25) is 0 Å². The van der Waals surface area contributed by atoms with Gasteiger partial charge in [-0.2, -0.15) is 0 Å². The number of ketones is 1. The van der Waals surface area contributed by atoms with Gasteiger partial charge >= 0.3 is 5.97 Å². The van der Waals surface area contributed by atoms with Gasteiger partial charge in [0, 0.05) is 0 Å². The van der Waals surface area contributed by atoms with Crippen LogP contribution in [0, 0.1) is 13.8 Å². The zero-order valence-corrected chi connectivity index (χ0v) is 18.4. The van der Waals surface area contributed by atoms with Crippen molar-refractivity contribution in [3.63, 3.8) is 0 Å². The molecule has 1 aliphatic heterocycles. The Bertz CT molecular complexity index is 1310. The molecule has 0 aliphatic carbocycles. The Morgan fingerprint density at radius 1 is 0.879 bits per heavy atom. The van der Waals surface area contributed by atoms with Gasteiger partial charge in [0.2, 0.25) is 5.78 Å². The van der Waals surface area contributed by atoms with E-state index in [-0.39, 0.29) is 16.7 Å². The van der Waals surface area contributed by atoms with E-state index in [1.807, 2.05) is 26.0 Å². The van der Waals surface area contributed by atoms with Crippen LogP contribution in [0.4, 0.5) is 5.69 Å². The zero-order valence-electron chi connectivity index (χ0n) is 18.4. The highest BCUT2D eigenvalue weighted by Gasteiger charge is 2.38. The summed E-state index contributed by atoms with van der Waals surface area (Å²) in [6.45, 7) is 3.21. The van der Waals surface area contributed by atoms with Crippen LogP contribution in [0.15, 0.2) is 60.7 Å². The van der Waals surface area contributed by atoms with E-state index in [1.54, 1.807) is 30.3 Å². The minimum absolute atomic E-state index is 0.0746. The summed E-state index contributed by atoms with van der Waals surface area (Å²) in [5.74, 6) is -1.77. The van der Waals surface area contributed by atoms with Crippen LogP contribution in [0.1, 0.15) is 52.6 Å². The quantitative estimate of drug-likeness (QED) is 0.323. The van der Waals surface area contributed by atoms with E-state index in [2.05, 4.69) is 0 Å². The van der Waals surface area contributed by atoms with E-state index in [0.29, 0.717) is 17.0 Å². The monoisotopic (exact) mass is 443 g/mol. The fraction of sp³-hybridized carbons (Fsp3) is 0.154. The van der Waals surface area contributed by atoms with Crippen molar-refractivity contribution in [1.82, 2.24) is 0 Å². The Labute approximate surface area is 190 Å². The van der Waals surface area contributed by atoms with Crippen molar-refractivity contribution in [1.29, 1.82) is 0 Å². The average molecular weight is 443 g/mol. The first-order chi connectivity index (χ1) is 15.8. The molecule has 7 nitrogen and oxygen atoms in total. The van der Waals surface area contributed by atoms with Gasteiger partial charge in [-0.3, -0.25) is 14.4 Å². The van der Waals surface area contributed by atoms with Crippen molar-refractivity contribution in [3.8, 4) is 5.75 Å². The molecule has 4 rings (SSSR count). The molecule has 0 atom stereocenters. The molecule has 3 aromatic rings. The van der Waals surface area contributed by atoms with Crippen LogP contribution in [0.5, 0.6) is 5.75 Å². The van der Waals surface area contributed by atoms with E-state index < -0.39 is 30.2 Å². The second kappa shape index (κ2) is 8.70. The Morgan fingerprint density at radius 2 is 1.61 bits per heavy atom. The summed E-state index contributed by atoms with van der Waals surface area (Å²) in [6, 6.07) is 16.3. The van der Waals surface area contributed by atoms with Crippen LogP contribution < -0.4 is 9.64 Å². The Hall–Kier alpha value is -4.26. The summed E-state index contributed by atoms with van der Waals surface area (Å²) in [4.78, 5) is 52.1. The molecule has 0 aromatic heterocycles. The molecule has 1 heterocycles. The van der Waals surface area contributed by atoms with Crippen LogP contribution in [-0.2, 0) is 4.74 Å². The standard InChI is InChI=1S/C26H21NO6/c1-15-8-9-16(2)21(12-15)27-24(29)18-11-10-17(13-20(18)25(27)30)26(31)33-14-22(28)19-6-4-5-7-23(19)32-3/h4-13H,14H2,1-3H3. The van der Waals surface area contributed by atoms with Gasteiger partial charge in [-0.05, 0) is 61.4 Å². The molecule has 0 spiro atoms. The van der Waals surface area contributed by atoms with Gasteiger partial charge < -0.3 is 9.47 Å². The third-order valence-electron chi connectivity index (χ3n) is 5.47. The minimum Gasteiger partial charge on any atom is -0.496 e. The number of Topliss-reactive ketones (excluding diaryl/α,β-unsaturated/α-hetero) is 1. The molecule has 33 heavy (non-hydrogen) atoms. The lowest BCUT2D eigenvalue weighted by molar-refractivity contribution is 0.0474. The summed E-state index contributed by atoms with van der Waals surface area (Å²) < 4.78 is 10.3. The first-order valence-corrected chi connectivity index (χ1v) is 10.2. The molecule has 3 aromatic carbocycles. The number of anilines is 1. The molecule has 1 aliphatic rings. The van der Waals surface area contributed by atoms with E-state index in [4.69, 9.17) is 9.47 Å². The lowest BCUT2D eigenvalue weighted by Gasteiger charge is -2.17. The number of rotatable bonds is 6. The number of ether oxygens (including phenoxy) is 2. The fourth-order valence-corrected chi connectivity index (χ4v) is 3.71. The Kier molecular flexibility index (Phi) is 5.79. The third kappa shape index (κ3) is 4.01. The van der Waals surface area contributed by atoms with Gasteiger partial charge in [-0.1, -0.05) is 24.3 Å². The van der Waals surface area contributed by atoms with Crippen LogP contribution >= 0.6 is 0 Å². The normalized spacial score (nSPS) is 12.5. The van der Waals surface area contributed by atoms with Crippen molar-refractivity contribution >= 4 is 29.3 Å². The molecular weight excluding hydrogens is 422 g/mol. The highest BCUT2D eigenvalue weighted by molar-refractivity contribution is 6.35. The largest absolute Gasteiger partial charge is 0.496 e. The molecular formula is C26H21NO6. The first kappa shape index (κ1) is 22.0. The van der Waals surface area contributed by atoms with E-state index in [9.17, 15) is 19.2 Å². The van der Waals surface area contributed by atoms with Crippen LogP contribution in [0.3, 0.4) is 0 Å². The van der Waals surface area contributed by atoms with Crippen LogP contribution in [-0.4, -0.2) is 37.3 Å². The minimum atomic E-state index is -0.772. The summed E-state index contributed by atoms with van der Waals surface area (Å²) in [7, 11) is 1.45. The zero-order chi connectivity index (χ0) is 23.7. The molecule has 0 saturated heterocycles. The van der Waals surface area contributed by atoms with Gasteiger partial charge in [0.15, 0.2) is 6.61 Å². The molecule has 0 saturated carbocycles. The SMILES string of the molecule is COc1ccccc1C(=O)COC(=O)c1ccc2c(c1)C(=O)N(c1cc(C)ccc1C)C2=O. The molecule has 0 unspecified atom stereocenters. The van der Waals surface area contributed by atoms with Gasteiger partial charge in [-0.15, -0.1) is 0 Å².